The molecule has 22 heteroatoms. The van der Waals surface area contributed by atoms with Gasteiger partial charge in [-0.2, -0.15) is 4.31 Å². The van der Waals surface area contributed by atoms with Crippen LogP contribution in [0.25, 0.3) is 0 Å². The molecule has 20 nitrogen and oxygen atoms in total. The number of H-pyrrole nitrogens is 1. The van der Waals surface area contributed by atoms with Crippen molar-refractivity contribution in [3.05, 3.63) is 33.1 Å². The lowest BCUT2D eigenvalue weighted by Crippen LogP contribution is -2.64. The van der Waals surface area contributed by atoms with E-state index in [2.05, 4.69) is 14.2 Å². The fourth-order valence-electron chi connectivity index (χ4n) is 3.81. The molecule has 3 heterocycles. The summed E-state index contributed by atoms with van der Waals surface area (Å²) >= 11 is 0. The molecule has 228 valence electrons. The standard InChI is InChI=1S/C18H29N3O17P2/c1-2-9(23)19-11-14(27)12(25)7(5-22)36-17(11)37-40(32,33)38-39(30,31)34-6-8-13(26)15(28)16(35-8)21-4-3-10(24)20-18(21)29/h3-4,7-8,11-17,22,25-28H,2,5-6H2,1H3,(H,19,23)(H,30,31)(H,32,33)(H,20,24,29)/t7-,8-,11-,12-,13-,14-,15-,16-,17-/m1/s1. The van der Waals surface area contributed by atoms with Crippen molar-refractivity contribution >= 4 is 21.6 Å². The number of nitrogens with zero attached hydrogens (tertiary/aromatic N) is 1. The summed E-state index contributed by atoms with van der Waals surface area (Å²) in [6, 6.07) is -0.760. The Kier molecular flexibility index (Phi) is 10.6. The maximum Gasteiger partial charge on any atom is 0.483 e. The van der Waals surface area contributed by atoms with E-state index < -0.39 is 101 Å². The van der Waals surface area contributed by atoms with Crippen molar-refractivity contribution in [3.63, 3.8) is 0 Å². The van der Waals surface area contributed by atoms with Gasteiger partial charge in [0.25, 0.3) is 5.56 Å². The van der Waals surface area contributed by atoms with E-state index in [-0.39, 0.29) is 6.42 Å². The lowest BCUT2D eigenvalue weighted by Gasteiger charge is -2.42. The van der Waals surface area contributed by atoms with Crippen molar-refractivity contribution in [2.45, 2.75) is 68.5 Å². The molecule has 0 aliphatic carbocycles. The third kappa shape index (κ3) is 7.69. The highest BCUT2D eigenvalue weighted by molar-refractivity contribution is 7.61. The number of rotatable bonds is 11. The van der Waals surface area contributed by atoms with Crippen molar-refractivity contribution < 1.29 is 72.1 Å². The van der Waals surface area contributed by atoms with E-state index in [9.17, 15) is 58.8 Å². The van der Waals surface area contributed by atoms with Gasteiger partial charge in [-0.25, -0.2) is 13.9 Å². The van der Waals surface area contributed by atoms with Crippen molar-refractivity contribution in [1.82, 2.24) is 14.9 Å². The minimum absolute atomic E-state index is 0.121. The molecule has 2 saturated heterocycles. The van der Waals surface area contributed by atoms with Crippen LogP contribution in [0.1, 0.15) is 19.6 Å². The van der Waals surface area contributed by atoms with Gasteiger partial charge in [-0.15, -0.1) is 0 Å². The minimum atomic E-state index is -5.64. The van der Waals surface area contributed by atoms with Gasteiger partial charge in [-0.05, 0) is 0 Å². The quantitative estimate of drug-likeness (QED) is 0.106. The Morgan fingerprint density at radius 3 is 2.30 bits per heavy atom. The molecule has 2 fully saturated rings. The summed E-state index contributed by atoms with van der Waals surface area (Å²) in [6.45, 7) is -0.502. The molecule has 40 heavy (non-hydrogen) atoms. The summed E-state index contributed by atoms with van der Waals surface area (Å²) < 4.78 is 49.5. The number of aliphatic hydroxyl groups is 5. The fraction of sp³-hybridized carbons (Fsp3) is 0.722. The Balaban J connectivity index is 1.66. The average Bonchev–Trinajstić information content (AvgIpc) is 3.14. The number of aromatic amines is 1. The van der Waals surface area contributed by atoms with Crippen LogP contribution in [0, 0.1) is 0 Å². The molecule has 0 spiro atoms. The van der Waals surface area contributed by atoms with Crippen LogP contribution in [-0.4, -0.2) is 113 Å². The summed E-state index contributed by atoms with van der Waals surface area (Å²) in [5, 5.41) is 52.3. The highest BCUT2D eigenvalue weighted by Crippen LogP contribution is 2.61. The number of amides is 1. The molecule has 0 saturated carbocycles. The summed E-state index contributed by atoms with van der Waals surface area (Å²) in [7, 11) is -11.2. The number of phosphoric acid groups is 2. The first kappa shape index (κ1) is 32.6. The second-order valence-electron chi connectivity index (χ2n) is 8.64. The maximum absolute atomic E-state index is 12.5. The second-order valence-corrected chi connectivity index (χ2v) is 11.6. The molecule has 0 aromatic carbocycles. The first-order valence-corrected chi connectivity index (χ1v) is 14.5. The first-order chi connectivity index (χ1) is 18.6. The molecule has 1 aromatic heterocycles. The van der Waals surface area contributed by atoms with E-state index >= 15 is 0 Å². The van der Waals surface area contributed by atoms with Gasteiger partial charge in [0.05, 0.1) is 13.2 Å². The van der Waals surface area contributed by atoms with E-state index in [1.807, 2.05) is 4.98 Å². The number of phosphoric ester groups is 2. The molecule has 2 aliphatic rings. The summed E-state index contributed by atoms with van der Waals surface area (Å²) in [4.78, 5) is 56.9. The predicted molar refractivity (Wildman–Crippen MR) is 125 cm³/mol. The van der Waals surface area contributed by atoms with Gasteiger partial charge < -0.3 is 50.1 Å². The monoisotopic (exact) mass is 621 g/mol. The number of ether oxygens (including phenoxy) is 2. The summed E-state index contributed by atoms with van der Waals surface area (Å²) in [5.41, 5.74) is -1.75. The number of aromatic nitrogens is 2. The lowest BCUT2D eigenvalue weighted by molar-refractivity contribution is -0.248. The fourth-order valence-corrected chi connectivity index (χ4v) is 5.97. The van der Waals surface area contributed by atoms with Crippen LogP contribution < -0.4 is 16.6 Å². The molecule has 11 atom stereocenters. The normalized spacial score (nSPS) is 35.5. The van der Waals surface area contributed by atoms with Gasteiger partial charge in [0, 0.05) is 18.7 Å². The van der Waals surface area contributed by atoms with Crippen LogP contribution >= 0.6 is 15.6 Å². The van der Waals surface area contributed by atoms with E-state index in [4.69, 9.17) is 14.0 Å². The van der Waals surface area contributed by atoms with Crippen molar-refractivity contribution in [3.8, 4) is 0 Å². The highest BCUT2D eigenvalue weighted by Gasteiger charge is 2.50. The molecule has 9 N–H and O–H groups in total. The lowest BCUT2D eigenvalue weighted by atomic mass is 9.97. The van der Waals surface area contributed by atoms with Gasteiger partial charge in [-0.1, -0.05) is 6.92 Å². The second kappa shape index (κ2) is 13.0. The van der Waals surface area contributed by atoms with Crippen LogP contribution in [-0.2, 0) is 36.8 Å². The molecule has 1 amide bonds. The molecule has 2 unspecified atom stereocenters. The van der Waals surface area contributed by atoms with Crippen LogP contribution in [0.5, 0.6) is 0 Å². The zero-order chi connectivity index (χ0) is 30.0. The molecule has 3 rings (SSSR count). The van der Waals surface area contributed by atoms with Gasteiger partial charge in [-0.3, -0.25) is 28.2 Å². The zero-order valence-electron chi connectivity index (χ0n) is 20.5. The van der Waals surface area contributed by atoms with Gasteiger partial charge in [0.1, 0.15) is 42.7 Å². The first-order valence-electron chi connectivity index (χ1n) is 11.5. The Labute approximate surface area is 223 Å². The Hall–Kier alpha value is -1.87. The smallest absolute Gasteiger partial charge is 0.394 e. The van der Waals surface area contributed by atoms with Crippen LogP contribution in [0.3, 0.4) is 0 Å². The van der Waals surface area contributed by atoms with Crippen molar-refractivity contribution in [1.29, 1.82) is 0 Å². The number of carbonyl (C=O) groups is 1. The van der Waals surface area contributed by atoms with E-state index in [0.29, 0.717) is 0 Å². The average molecular weight is 621 g/mol. The molecular formula is C18H29N3O17P2. The third-order valence-electron chi connectivity index (χ3n) is 5.84. The SMILES string of the molecule is CCC(=O)N[C@H]1[C@@H](OP(=O)(O)OP(=O)(O)OC[C@H]2O[C@@H](n3ccc(=O)[nH]c3=O)[C@H](O)[C@@H]2O)O[C@H](CO)[C@@H](O)[C@@H]1O. The molecular weight excluding hydrogens is 592 g/mol. The summed E-state index contributed by atoms with van der Waals surface area (Å²) in [6.07, 6.45) is -13.1. The Bertz CT molecular complexity index is 1260. The van der Waals surface area contributed by atoms with Crippen LogP contribution in [0.4, 0.5) is 0 Å². The molecule has 0 radical (unpaired) electrons. The highest BCUT2D eigenvalue weighted by atomic mass is 31.3. The van der Waals surface area contributed by atoms with E-state index in [1.54, 1.807) is 0 Å². The van der Waals surface area contributed by atoms with E-state index in [0.717, 1.165) is 16.8 Å². The number of hydrogen-bond donors (Lipinski definition) is 9. The Morgan fingerprint density at radius 1 is 1.05 bits per heavy atom. The zero-order valence-corrected chi connectivity index (χ0v) is 22.3. The van der Waals surface area contributed by atoms with Gasteiger partial charge in [0.2, 0.25) is 5.91 Å². The molecule has 0 bridgehead atoms. The summed E-state index contributed by atoms with van der Waals surface area (Å²) in [5.74, 6) is -0.708. The van der Waals surface area contributed by atoms with E-state index in [1.165, 1.54) is 6.92 Å². The van der Waals surface area contributed by atoms with Crippen molar-refractivity contribution in [2.24, 2.45) is 0 Å². The van der Waals surface area contributed by atoms with Crippen LogP contribution in [0.15, 0.2) is 21.9 Å². The van der Waals surface area contributed by atoms with Crippen LogP contribution in [0.2, 0.25) is 0 Å². The maximum atomic E-state index is 12.5. The van der Waals surface area contributed by atoms with Gasteiger partial charge in [0.15, 0.2) is 12.5 Å². The number of nitrogens with one attached hydrogen (secondary N) is 2. The van der Waals surface area contributed by atoms with Gasteiger partial charge >= 0.3 is 21.3 Å². The Morgan fingerprint density at radius 2 is 1.70 bits per heavy atom. The number of aliphatic hydroxyl groups excluding tert-OH is 5. The largest absolute Gasteiger partial charge is 0.483 e. The minimum Gasteiger partial charge on any atom is -0.394 e. The predicted octanol–water partition coefficient (Wildman–Crippen LogP) is -4.26. The molecule has 2 aliphatic heterocycles. The topological polar surface area (TPSA) is 306 Å². The third-order valence-corrected chi connectivity index (χ3v) is 8.44. The number of hydrogen-bond acceptors (Lipinski definition) is 15. The number of carbonyl (C=O) groups excluding carboxylic acids is 1. The molecule has 1 aromatic rings. The van der Waals surface area contributed by atoms with Crippen molar-refractivity contribution in [2.75, 3.05) is 13.2 Å².